The third kappa shape index (κ3) is 2.25. The summed E-state index contributed by atoms with van der Waals surface area (Å²) < 4.78 is 0. The van der Waals surface area contributed by atoms with Gasteiger partial charge in [0.15, 0.2) is 5.84 Å². The molecule has 5 nitrogen and oxygen atoms in total. The van der Waals surface area contributed by atoms with Crippen molar-refractivity contribution < 1.29 is 5.21 Å². The van der Waals surface area contributed by atoms with Crippen LogP contribution in [0, 0.1) is 0 Å². The molecule has 0 amide bonds. The second-order valence-corrected chi connectivity index (χ2v) is 5.35. The van der Waals surface area contributed by atoms with Gasteiger partial charge >= 0.3 is 0 Å². The minimum atomic E-state index is 0.169. The van der Waals surface area contributed by atoms with Crippen LogP contribution in [0.2, 0.25) is 0 Å². The zero-order valence-corrected chi connectivity index (χ0v) is 11.1. The van der Waals surface area contributed by atoms with Crippen molar-refractivity contribution in [2.45, 2.75) is 38.5 Å². The Bertz CT molecular complexity index is 506. The summed E-state index contributed by atoms with van der Waals surface area (Å²) in [5, 5.41) is 12.1. The maximum atomic E-state index is 8.98. The van der Waals surface area contributed by atoms with Crippen molar-refractivity contribution in [1.29, 1.82) is 0 Å². The number of hydrogen-bond acceptors (Lipinski definition) is 4. The molecule has 0 spiro atoms. The fraction of sp³-hybridized carbons (Fsp3) is 0.571. The molecule has 1 aliphatic heterocycles. The largest absolute Gasteiger partial charge is 0.409 e. The molecule has 1 aromatic rings. The van der Waals surface area contributed by atoms with Gasteiger partial charge in [0.25, 0.3) is 0 Å². The number of pyridine rings is 1. The molecule has 102 valence electrons. The van der Waals surface area contributed by atoms with Gasteiger partial charge in [0, 0.05) is 18.8 Å². The van der Waals surface area contributed by atoms with E-state index in [-0.39, 0.29) is 5.84 Å². The van der Waals surface area contributed by atoms with Gasteiger partial charge in [-0.1, -0.05) is 5.16 Å². The molecular formula is C14H20N4O. The van der Waals surface area contributed by atoms with Gasteiger partial charge < -0.3 is 15.8 Å². The molecule has 0 aromatic carbocycles. The number of anilines is 1. The topological polar surface area (TPSA) is 74.7 Å². The van der Waals surface area contributed by atoms with E-state index in [0.29, 0.717) is 0 Å². The van der Waals surface area contributed by atoms with Crippen LogP contribution in [-0.2, 0) is 12.8 Å². The summed E-state index contributed by atoms with van der Waals surface area (Å²) in [5.41, 5.74) is 9.05. The minimum absolute atomic E-state index is 0.169. The van der Waals surface area contributed by atoms with Crippen LogP contribution in [0.1, 0.15) is 42.5 Å². The van der Waals surface area contributed by atoms with Gasteiger partial charge in [-0.15, -0.1) is 0 Å². The number of oxime groups is 1. The van der Waals surface area contributed by atoms with Gasteiger partial charge in [0.05, 0.1) is 5.56 Å². The molecule has 1 fully saturated rings. The van der Waals surface area contributed by atoms with Gasteiger partial charge in [-0.25, -0.2) is 4.98 Å². The van der Waals surface area contributed by atoms with Crippen LogP contribution in [0.4, 0.5) is 5.82 Å². The lowest BCUT2D eigenvalue weighted by molar-refractivity contribution is 0.318. The Morgan fingerprint density at radius 3 is 2.74 bits per heavy atom. The first kappa shape index (κ1) is 12.3. The normalized spacial score (nSPS) is 19.6. The standard InChI is InChI=1S/C14H20N4O/c15-13(17-19)11-9-10-5-4-6-12(10)16-14(11)18-7-2-1-3-8-18/h9,19H,1-8H2,(H2,15,17). The SMILES string of the molecule is N/C(=N/O)c1cc2c(nc1N1CCCCC1)CCC2. The van der Waals surface area contributed by atoms with Gasteiger partial charge in [-0.2, -0.15) is 0 Å². The number of aromatic nitrogens is 1. The van der Waals surface area contributed by atoms with Crippen molar-refractivity contribution in [2.24, 2.45) is 10.9 Å². The van der Waals surface area contributed by atoms with E-state index < -0.39 is 0 Å². The summed E-state index contributed by atoms with van der Waals surface area (Å²) in [6.07, 6.45) is 6.91. The van der Waals surface area contributed by atoms with Crippen molar-refractivity contribution in [3.63, 3.8) is 0 Å². The van der Waals surface area contributed by atoms with Crippen LogP contribution in [0.3, 0.4) is 0 Å². The van der Waals surface area contributed by atoms with Crippen molar-refractivity contribution >= 4 is 11.7 Å². The number of rotatable bonds is 2. The summed E-state index contributed by atoms with van der Waals surface area (Å²) in [5.74, 6) is 1.07. The number of hydrogen-bond donors (Lipinski definition) is 2. The zero-order chi connectivity index (χ0) is 13.2. The highest BCUT2D eigenvalue weighted by Gasteiger charge is 2.22. The van der Waals surface area contributed by atoms with Crippen LogP contribution in [0.15, 0.2) is 11.2 Å². The molecule has 0 unspecified atom stereocenters. The molecule has 1 aromatic heterocycles. The monoisotopic (exact) mass is 260 g/mol. The van der Waals surface area contributed by atoms with Crippen LogP contribution in [0.5, 0.6) is 0 Å². The molecule has 0 atom stereocenters. The molecule has 5 heteroatoms. The summed E-state index contributed by atoms with van der Waals surface area (Å²) in [6.45, 7) is 2.02. The van der Waals surface area contributed by atoms with E-state index in [0.717, 1.165) is 43.7 Å². The Morgan fingerprint density at radius 1 is 1.21 bits per heavy atom. The minimum Gasteiger partial charge on any atom is -0.409 e. The molecule has 2 aliphatic rings. The van der Waals surface area contributed by atoms with E-state index in [1.54, 1.807) is 0 Å². The maximum absolute atomic E-state index is 8.98. The average Bonchev–Trinajstić information content (AvgIpc) is 2.93. The first-order valence-electron chi connectivity index (χ1n) is 7.05. The Kier molecular flexibility index (Phi) is 3.27. The predicted molar refractivity (Wildman–Crippen MR) is 74.8 cm³/mol. The molecule has 3 rings (SSSR count). The van der Waals surface area contributed by atoms with E-state index in [4.69, 9.17) is 15.9 Å². The van der Waals surface area contributed by atoms with E-state index in [9.17, 15) is 0 Å². The summed E-state index contributed by atoms with van der Waals surface area (Å²) in [6, 6.07) is 2.06. The number of aryl methyl sites for hydroxylation is 2. The molecule has 0 saturated carbocycles. The third-order valence-corrected chi connectivity index (χ3v) is 4.07. The third-order valence-electron chi connectivity index (χ3n) is 4.07. The highest BCUT2D eigenvalue weighted by Crippen LogP contribution is 2.28. The summed E-state index contributed by atoms with van der Waals surface area (Å²) in [7, 11) is 0. The second-order valence-electron chi connectivity index (χ2n) is 5.35. The van der Waals surface area contributed by atoms with E-state index in [1.165, 1.54) is 30.5 Å². The van der Waals surface area contributed by atoms with Crippen molar-refractivity contribution in [3.05, 3.63) is 22.9 Å². The Morgan fingerprint density at radius 2 is 2.00 bits per heavy atom. The van der Waals surface area contributed by atoms with Gasteiger partial charge in [-0.3, -0.25) is 0 Å². The summed E-state index contributed by atoms with van der Waals surface area (Å²) in [4.78, 5) is 7.07. The molecule has 3 N–H and O–H groups in total. The van der Waals surface area contributed by atoms with Gasteiger partial charge in [0.1, 0.15) is 5.82 Å². The maximum Gasteiger partial charge on any atom is 0.173 e. The summed E-state index contributed by atoms with van der Waals surface area (Å²) >= 11 is 0. The van der Waals surface area contributed by atoms with Gasteiger partial charge in [0.2, 0.25) is 0 Å². The molecule has 0 bridgehead atoms. The molecule has 2 heterocycles. The highest BCUT2D eigenvalue weighted by atomic mass is 16.4. The van der Waals surface area contributed by atoms with Crippen LogP contribution in [-0.4, -0.2) is 29.1 Å². The number of nitrogens with two attached hydrogens (primary N) is 1. The van der Waals surface area contributed by atoms with E-state index in [1.807, 2.05) is 0 Å². The fourth-order valence-electron chi connectivity index (χ4n) is 3.05. The smallest absolute Gasteiger partial charge is 0.173 e. The Labute approximate surface area is 113 Å². The van der Waals surface area contributed by atoms with Crippen LogP contribution in [0.25, 0.3) is 0 Å². The lowest BCUT2D eigenvalue weighted by Gasteiger charge is -2.29. The number of amidine groups is 1. The molecule has 19 heavy (non-hydrogen) atoms. The van der Waals surface area contributed by atoms with Crippen molar-refractivity contribution in [1.82, 2.24) is 4.98 Å². The Balaban J connectivity index is 2.04. The zero-order valence-electron chi connectivity index (χ0n) is 11.1. The lowest BCUT2D eigenvalue weighted by atomic mass is 10.1. The molecule has 1 aliphatic carbocycles. The number of piperidine rings is 1. The first-order valence-corrected chi connectivity index (χ1v) is 7.05. The Hall–Kier alpha value is -1.78. The van der Waals surface area contributed by atoms with Crippen LogP contribution >= 0.6 is 0 Å². The van der Waals surface area contributed by atoms with Crippen molar-refractivity contribution in [3.8, 4) is 0 Å². The number of nitrogens with zero attached hydrogens (tertiary/aromatic N) is 3. The average molecular weight is 260 g/mol. The van der Waals surface area contributed by atoms with E-state index in [2.05, 4.69) is 16.1 Å². The van der Waals surface area contributed by atoms with E-state index >= 15 is 0 Å². The fourth-order valence-corrected chi connectivity index (χ4v) is 3.05. The van der Waals surface area contributed by atoms with Crippen molar-refractivity contribution in [2.75, 3.05) is 18.0 Å². The van der Waals surface area contributed by atoms with Crippen LogP contribution < -0.4 is 10.6 Å². The first-order chi connectivity index (χ1) is 9.29. The predicted octanol–water partition coefficient (Wildman–Crippen LogP) is 1.66. The van der Waals surface area contributed by atoms with Gasteiger partial charge in [-0.05, 0) is 50.2 Å². The quantitative estimate of drug-likeness (QED) is 0.367. The second kappa shape index (κ2) is 5.07. The molecule has 1 saturated heterocycles. The lowest BCUT2D eigenvalue weighted by Crippen LogP contribution is -2.33. The molecular weight excluding hydrogens is 240 g/mol. The molecule has 0 radical (unpaired) electrons. The highest BCUT2D eigenvalue weighted by molar-refractivity contribution is 6.01. The number of fused-ring (bicyclic) bond motifs is 1.